The number of carbonyl (C=O) groups is 2. The van der Waals surface area contributed by atoms with Gasteiger partial charge in [-0.1, -0.05) is 35.6 Å². The Morgan fingerprint density at radius 1 is 1.14 bits per heavy atom. The fourth-order valence-electron chi connectivity index (χ4n) is 3.37. The van der Waals surface area contributed by atoms with Gasteiger partial charge >= 0.3 is 4.87 Å². The molecule has 2 heterocycles. The fraction of sp³-hybridized carbons (Fsp3) is 0.143. The highest BCUT2D eigenvalue weighted by atomic mass is 32.1. The van der Waals surface area contributed by atoms with Crippen LogP contribution in [0.4, 0.5) is 5.69 Å². The molecule has 0 unspecified atom stereocenters. The van der Waals surface area contributed by atoms with Gasteiger partial charge in [-0.3, -0.25) is 19.0 Å². The number of rotatable bonds is 4. The predicted octanol–water partition coefficient (Wildman–Crippen LogP) is 1.23. The molecule has 7 nitrogen and oxygen atoms in total. The molecule has 2 aromatic carbocycles. The first kappa shape index (κ1) is 18.8. The average molecular weight is 407 g/mol. The Bertz CT molecular complexity index is 1330. The molecule has 3 aromatic rings. The van der Waals surface area contributed by atoms with Crippen molar-refractivity contribution < 1.29 is 14.7 Å². The number of carbonyl (C=O) groups excluding carboxylic acids is 2. The van der Waals surface area contributed by atoms with Crippen LogP contribution in [0.15, 0.2) is 52.3 Å². The summed E-state index contributed by atoms with van der Waals surface area (Å²) >= 11 is 0.718. The number of nitrogens with one attached hydrogen (secondary N) is 1. The first-order chi connectivity index (χ1) is 13.8. The second kappa shape index (κ2) is 7.14. The van der Waals surface area contributed by atoms with Crippen LogP contribution >= 0.6 is 11.3 Å². The van der Waals surface area contributed by atoms with Gasteiger partial charge < -0.3 is 10.4 Å². The zero-order valence-corrected chi connectivity index (χ0v) is 16.5. The summed E-state index contributed by atoms with van der Waals surface area (Å²) in [7, 11) is 0. The third-order valence-corrected chi connectivity index (χ3v) is 5.50. The first-order valence-corrected chi connectivity index (χ1v) is 9.68. The lowest BCUT2D eigenvalue weighted by Gasteiger charge is -2.08. The van der Waals surface area contributed by atoms with E-state index in [1.807, 2.05) is 32.0 Å². The summed E-state index contributed by atoms with van der Waals surface area (Å²) in [6, 6.07) is 12.5. The SMILES string of the molecule is Cc1cc(C)cc(NC(=O)Cn2c(O)c(C3=c4ccccc4=NC3=O)sc2=O)c1. The topological polar surface area (TPSA) is 101 Å². The molecule has 0 spiro atoms. The van der Waals surface area contributed by atoms with Crippen molar-refractivity contribution in [3.8, 4) is 5.88 Å². The summed E-state index contributed by atoms with van der Waals surface area (Å²) in [5, 5.41) is 14.4. The highest BCUT2D eigenvalue weighted by Gasteiger charge is 2.26. The normalized spacial score (nSPS) is 12.6. The van der Waals surface area contributed by atoms with Gasteiger partial charge in [0, 0.05) is 10.9 Å². The minimum Gasteiger partial charge on any atom is -0.493 e. The molecule has 0 saturated heterocycles. The number of amides is 2. The Hall–Kier alpha value is -3.52. The number of anilines is 1. The number of fused-ring (bicyclic) bond motifs is 1. The van der Waals surface area contributed by atoms with E-state index in [0.29, 0.717) is 16.3 Å². The van der Waals surface area contributed by atoms with E-state index in [2.05, 4.69) is 10.3 Å². The number of benzene rings is 2. The van der Waals surface area contributed by atoms with Gasteiger partial charge in [-0.15, -0.1) is 0 Å². The maximum absolute atomic E-state index is 12.4. The minimum absolute atomic E-state index is 0.118. The Balaban J connectivity index is 1.67. The molecule has 146 valence electrons. The molecule has 1 aliphatic rings. The van der Waals surface area contributed by atoms with Crippen molar-refractivity contribution in [3.63, 3.8) is 0 Å². The molecule has 4 rings (SSSR count). The van der Waals surface area contributed by atoms with Gasteiger partial charge in [-0.25, -0.2) is 4.99 Å². The van der Waals surface area contributed by atoms with Gasteiger partial charge in [0.1, 0.15) is 11.4 Å². The van der Waals surface area contributed by atoms with E-state index in [-0.39, 0.29) is 17.0 Å². The van der Waals surface area contributed by atoms with Gasteiger partial charge in [-0.05, 0) is 43.2 Å². The van der Waals surface area contributed by atoms with Crippen LogP contribution in [0.2, 0.25) is 0 Å². The minimum atomic E-state index is -0.530. The third kappa shape index (κ3) is 3.50. The van der Waals surface area contributed by atoms with Gasteiger partial charge in [-0.2, -0.15) is 0 Å². The molecular weight excluding hydrogens is 390 g/mol. The molecule has 2 N–H and O–H groups in total. The van der Waals surface area contributed by atoms with E-state index in [9.17, 15) is 19.5 Å². The Morgan fingerprint density at radius 3 is 2.55 bits per heavy atom. The van der Waals surface area contributed by atoms with E-state index in [1.165, 1.54) is 0 Å². The van der Waals surface area contributed by atoms with Crippen LogP contribution in [0, 0.1) is 13.8 Å². The zero-order valence-electron chi connectivity index (χ0n) is 15.7. The average Bonchev–Trinajstić information content (AvgIpc) is 3.10. The van der Waals surface area contributed by atoms with Crippen LogP contribution < -0.4 is 20.8 Å². The molecule has 8 heteroatoms. The van der Waals surface area contributed by atoms with E-state index in [4.69, 9.17) is 0 Å². The van der Waals surface area contributed by atoms with Crippen molar-refractivity contribution in [3.05, 3.63) is 78.7 Å². The zero-order chi connectivity index (χ0) is 20.7. The van der Waals surface area contributed by atoms with E-state index < -0.39 is 22.6 Å². The second-order valence-corrected chi connectivity index (χ2v) is 7.80. The molecule has 1 aliphatic heterocycles. The summed E-state index contributed by atoms with van der Waals surface area (Å²) in [5.74, 6) is -1.38. The number of aryl methyl sites for hydroxylation is 2. The van der Waals surface area contributed by atoms with Crippen LogP contribution in [0.25, 0.3) is 5.57 Å². The Labute approximate surface area is 169 Å². The second-order valence-electron chi connectivity index (χ2n) is 6.84. The van der Waals surface area contributed by atoms with Crippen molar-refractivity contribution in [2.24, 2.45) is 4.99 Å². The van der Waals surface area contributed by atoms with Gasteiger partial charge in [0.15, 0.2) is 0 Å². The molecule has 0 saturated carbocycles. The molecule has 0 radical (unpaired) electrons. The van der Waals surface area contributed by atoms with Gasteiger partial charge in [0.25, 0.3) is 5.91 Å². The van der Waals surface area contributed by atoms with Crippen LogP contribution in [0.1, 0.15) is 16.0 Å². The number of hydrogen-bond donors (Lipinski definition) is 2. The molecule has 0 aliphatic carbocycles. The van der Waals surface area contributed by atoms with Crippen molar-refractivity contribution in [1.82, 2.24) is 4.57 Å². The summed E-state index contributed by atoms with van der Waals surface area (Å²) in [6.45, 7) is 3.47. The molecule has 1 aromatic heterocycles. The smallest absolute Gasteiger partial charge is 0.311 e. The summed E-state index contributed by atoms with van der Waals surface area (Å²) in [6.07, 6.45) is 0. The standard InChI is InChI=1S/C21H17N3O4S/c1-11-7-12(2)9-13(8-11)22-16(25)10-24-20(27)18(29-21(24)28)17-14-5-3-4-6-15(14)23-19(17)26/h3-9,27H,10H2,1-2H3,(H,22,25). The Morgan fingerprint density at radius 2 is 1.83 bits per heavy atom. The number of hydrogen-bond acceptors (Lipinski definition) is 5. The molecule has 0 bridgehead atoms. The van der Waals surface area contributed by atoms with Crippen LogP contribution in [0.3, 0.4) is 0 Å². The van der Waals surface area contributed by atoms with Crippen LogP contribution in [0.5, 0.6) is 5.88 Å². The monoisotopic (exact) mass is 407 g/mol. The van der Waals surface area contributed by atoms with Crippen LogP contribution in [-0.2, 0) is 16.1 Å². The lowest BCUT2D eigenvalue weighted by molar-refractivity contribution is -0.117. The van der Waals surface area contributed by atoms with Crippen molar-refractivity contribution in [1.29, 1.82) is 0 Å². The summed E-state index contributed by atoms with van der Waals surface area (Å²) in [4.78, 5) is 40.7. The fourth-order valence-corrected chi connectivity index (χ4v) is 4.31. The van der Waals surface area contributed by atoms with E-state index in [0.717, 1.165) is 27.0 Å². The maximum atomic E-state index is 12.4. The summed E-state index contributed by atoms with van der Waals surface area (Å²) < 4.78 is 0.958. The summed E-state index contributed by atoms with van der Waals surface area (Å²) in [5.41, 5.74) is 2.78. The highest BCUT2D eigenvalue weighted by Crippen LogP contribution is 2.28. The lowest BCUT2D eigenvalue weighted by atomic mass is 10.1. The largest absolute Gasteiger partial charge is 0.493 e. The predicted molar refractivity (Wildman–Crippen MR) is 110 cm³/mol. The molecule has 0 fully saturated rings. The van der Waals surface area contributed by atoms with Gasteiger partial charge in [0.05, 0.1) is 10.9 Å². The maximum Gasteiger partial charge on any atom is 0.311 e. The molecule has 29 heavy (non-hydrogen) atoms. The van der Waals surface area contributed by atoms with E-state index >= 15 is 0 Å². The highest BCUT2D eigenvalue weighted by molar-refractivity contribution is 7.11. The number of nitrogens with zero attached hydrogens (tertiary/aromatic N) is 2. The van der Waals surface area contributed by atoms with Crippen molar-refractivity contribution in [2.75, 3.05) is 5.32 Å². The lowest BCUT2D eigenvalue weighted by Crippen LogP contribution is -2.24. The van der Waals surface area contributed by atoms with Gasteiger partial charge in [0.2, 0.25) is 11.8 Å². The van der Waals surface area contributed by atoms with Crippen molar-refractivity contribution >= 4 is 34.4 Å². The number of aromatic hydroxyl groups is 1. The number of aromatic nitrogens is 1. The van der Waals surface area contributed by atoms with Crippen LogP contribution in [-0.4, -0.2) is 21.5 Å². The molecule has 0 atom stereocenters. The number of thiazole rings is 1. The van der Waals surface area contributed by atoms with E-state index in [1.54, 1.807) is 24.3 Å². The third-order valence-electron chi connectivity index (χ3n) is 4.51. The number of para-hydroxylation sites is 1. The molecular formula is C21H17N3O4S. The van der Waals surface area contributed by atoms with Crippen molar-refractivity contribution in [2.45, 2.75) is 20.4 Å². The first-order valence-electron chi connectivity index (χ1n) is 8.87. The quantitative estimate of drug-likeness (QED) is 0.679. The Kier molecular flexibility index (Phi) is 4.63. The molecule has 2 amide bonds.